The second-order valence-corrected chi connectivity index (χ2v) is 3.43. The molecule has 4 nitrogen and oxygen atoms in total. The highest BCUT2D eigenvalue weighted by Gasteiger charge is 2.41. The van der Waals surface area contributed by atoms with Gasteiger partial charge in [0.2, 0.25) is 0 Å². The number of nitrogens with zero attached hydrogens (tertiary/aromatic N) is 1. The van der Waals surface area contributed by atoms with E-state index in [1.165, 1.54) is 4.90 Å². The van der Waals surface area contributed by atoms with Gasteiger partial charge in [0.15, 0.2) is 0 Å². The third-order valence-corrected chi connectivity index (χ3v) is 2.06. The monoisotopic (exact) mass is 209 g/mol. The van der Waals surface area contributed by atoms with Crippen molar-refractivity contribution in [1.29, 1.82) is 0 Å². The van der Waals surface area contributed by atoms with Crippen LogP contribution in [0.4, 0.5) is 8.78 Å². The zero-order chi connectivity index (χ0) is 10.8. The number of carbonyl (C=O) groups is 1. The molecule has 0 saturated carbocycles. The molecule has 0 aromatic carbocycles. The first-order chi connectivity index (χ1) is 6.42. The summed E-state index contributed by atoms with van der Waals surface area (Å²) in [4.78, 5) is 11.6. The molecule has 0 aromatic rings. The Labute approximate surface area is 80.4 Å². The molecule has 1 unspecified atom stereocenters. The molecule has 1 fully saturated rings. The second-order valence-electron chi connectivity index (χ2n) is 3.43. The van der Waals surface area contributed by atoms with E-state index in [1.54, 1.807) is 6.92 Å². The molecular formula is C8H13F2NO3. The van der Waals surface area contributed by atoms with Crippen LogP contribution in [0.3, 0.4) is 0 Å². The van der Waals surface area contributed by atoms with Gasteiger partial charge >= 0.3 is 11.9 Å². The lowest BCUT2D eigenvalue weighted by atomic mass is 10.2. The Morgan fingerprint density at radius 2 is 2.36 bits per heavy atom. The number of hydrogen-bond donors (Lipinski definition) is 1. The van der Waals surface area contributed by atoms with E-state index in [2.05, 4.69) is 0 Å². The fourth-order valence-electron chi connectivity index (χ4n) is 1.38. The van der Waals surface area contributed by atoms with Gasteiger partial charge in [0.05, 0.1) is 19.3 Å². The van der Waals surface area contributed by atoms with Crippen molar-refractivity contribution in [3.63, 3.8) is 0 Å². The second kappa shape index (κ2) is 4.18. The van der Waals surface area contributed by atoms with Crippen LogP contribution in [-0.4, -0.2) is 54.2 Å². The molecule has 0 aromatic heterocycles. The molecule has 14 heavy (non-hydrogen) atoms. The third kappa shape index (κ3) is 2.88. The largest absolute Gasteiger partial charge is 0.477 e. The molecule has 1 N–H and O–H groups in total. The summed E-state index contributed by atoms with van der Waals surface area (Å²) in [5.74, 6) is -5.74. The van der Waals surface area contributed by atoms with Crippen molar-refractivity contribution < 1.29 is 23.4 Å². The van der Waals surface area contributed by atoms with Gasteiger partial charge in [0.25, 0.3) is 0 Å². The quantitative estimate of drug-likeness (QED) is 0.732. The average Bonchev–Trinajstić information content (AvgIpc) is 2.02. The molecule has 0 spiro atoms. The molecule has 0 radical (unpaired) electrons. The minimum atomic E-state index is -3.67. The number of rotatable bonds is 3. The number of hydrogen-bond acceptors (Lipinski definition) is 3. The van der Waals surface area contributed by atoms with Gasteiger partial charge in [0, 0.05) is 13.1 Å². The molecular weight excluding hydrogens is 196 g/mol. The minimum absolute atomic E-state index is 0.117. The van der Waals surface area contributed by atoms with Crippen LogP contribution >= 0.6 is 0 Å². The summed E-state index contributed by atoms with van der Waals surface area (Å²) >= 11 is 0. The number of ether oxygens (including phenoxy) is 1. The first-order valence-corrected chi connectivity index (χ1v) is 4.37. The smallest absolute Gasteiger partial charge is 0.375 e. The van der Waals surface area contributed by atoms with Crippen molar-refractivity contribution in [3.8, 4) is 0 Å². The fourth-order valence-corrected chi connectivity index (χ4v) is 1.38. The number of carboxylic acid groups (broad SMARTS) is 1. The van der Waals surface area contributed by atoms with E-state index in [1.807, 2.05) is 0 Å². The van der Waals surface area contributed by atoms with Gasteiger partial charge in [-0.1, -0.05) is 0 Å². The lowest BCUT2D eigenvalue weighted by Gasteiger charge is -2.32. The van der Waals surface area contributed by atoms with Crippen LogP contribution in [0.1, 0.15) is 6.92 Å². The predicted molar refractivity (Wildman–Crippen MR) is 44.4 cm³/mol. The van der Waals surface area contributed by atoms with Crippen molar-refractivity contribution in [2.24, 2.45) is 0 Å². The molecule has 1 saturated heterocycles. The highest BCUT2D eigenvalue weighted by atomic mass is 19.3. The molecule has 1 atom stereocenters. The molecule has 0 amide bonds. The van der Waals surface area contributed by atoms with Crippen LogP contribution < -0.4 is 0 Å². The van der Waals surface area contributed by atoms with Gasteiger partial charge in [0.1, 0.15) is 0 Å². The van der Waals surface area contributed by atoms with E-state index in [0.29, 0.717) is 19.7 Å². The summed E-state index contributed by atoms with van der Waals surface area (Å²) in [6, 6.07) is 0. The lowest BCUT2D eigenvalue weighted by Crippen LogP contribution is -2.49. The van der Waals surface area contributed by atoms with E-state index < -0.39 is 18.4 Å². The normalized spacial score (nSPS) is 24.9. The molecule has 1 heterocycles. The zero-order valence-electron chi connectivity index (χ0n) is 7.87. The third-order valence-electron chi connectivity index (χ3n) is 2.06. The fraction of sp³-hybridized carbons (Fsp3) is 0.875. The van der Waals surface area contributed by atoms with Gasteiger partial charge in [-0.25, -0.2) is 4.79 Å². The Kier molecular flexibility index (Phi) is 3.38. The van der Waals surface area contributed by atoms with E-state index in [9.17, 15) is 13.6 Å². The van der Waals surface area contributed by atoms with Gasteiger partial charge in [-0.15, -0.1) is 0 Å². The molecule has 82 valence electrons. The highest BCUT2D eigenvalue weighted by molar-refractivity contribution is 5.75. The first-order valence-electron chi connectivity index (χ1n) is 4.37. The Balaban J connectivity index is 2.47. The standard InChI is InChI=1S/C8H13F2NO3/c1-6-4-11(2-3-14-6)5-8(9,10)7(12)13/h6H,2-5H2,1H3,(H,12,13). The Morgan fingerprint density at radius 1 is 1.71 bits per heavy atom. The van der Waals surface area contributed by atoms with E-state index >= 15 is 0 Å². The molecule has 1 aliphatic heterocycles. The van der Waals surface area contributed by atoms with E-state index in [4.69, 9.17) is 9.84 Å². The van der Waals surface area contributed by atoms with E-state index in [0.717, 1.165) is 0 Å². The van der Waals surface area contributed by atoms with Crippen LogP contribution in [-0.2, 0) is 9.53 Å². The summed E-state index contributed by atoms with van der Waals surface area (Å²) in [5.41, 5.74) is 0. The maximum absolute atomic E-state index is 12.8. The van der Waals surface area contributed by atoms with Gasteiger partial charge in [-0.05, 0) is 6.92 Å². The molecule has 0 aliphatic carbocycles. The number of alkyl halides is 2. The molecule has 6 heteroatoms. The lowest BCUT2D eigenvalue weighted by molar-refractivity contribution is -0.169. The van der Waals surface area contributed by atoms with Crippen LogP contribution in [0.5, 0.6) is 0 Å². The summed E-state index contributed by atoms with van der Waals surface area (Å²) in [6.07, 6.45) is -0.117. The van der Waals surface area contributed by atoms with Crippen molar-refractivity contribution in [3.05, 3.63) is 0 Å². The van der Waals surface area contributed by atoms with Crippen LogP contribution in [0.2, 0.25) is 0 Å². The SMILES string of the molecule is CC1CN(CC(F)(F)C(=O)O)CCO1. The van der Waals surface area contributed by atoms with Gasteiger partial charge < -0.3 is 9.84 Å². The maximum Gasteiger partial charge on any atom is 0.375 e. The first kappa shape index (κ1) is 11.3. The van der Waals surface area contributed by atoms with Crippen LogP contribution in [0.15, 0.2) is 0 Å². The molecule has 1 rings (SSSR count). The molecule has 1 aliphatic rings. The van der Waals surface area contributed by atoms with Crippen molar-refractivity contribution in [1.82, 2.24) is 4.90 Å². The summed E-state index contributed by atoms with van der Waals surface area (Å²) < 4.78 is 30.7. The summed E-state index contributed by atoms with van der Waals surface area (Å²) in [6.45, 7) is 2.11. The van der Waals surface area contributed by atoms with Gasteiger partial charge in [-0.2, -0.15) is 8.78 Å². The van der Waals surface area contributed by atoms with E-state index in [-0.39, 0.29) is 6.10 Å². The summed E-state index contributed by atoms with van der Waals surface area (Å²) in [7, 11) is 0. The van der Waals surface area contributed by atoms with Crippen molar-refractivity contribution >= 4 is 5.97 Å². The Morgan fingerprint density at radius 3 is 2.86 bits per heavy atom. The number of aliphatic carboxylic acids is 1. The average molecular weight is 209 g/mol. The maximum atomic E-state index is 12.8. The van der Waals surface area contributed by atoms with Crippen LogP contribution in [0.25, 0.3) is 0 Å². The highest BCUT2D eigenvalue weighted by Crippen LogP contribution is 2.17. The molecule has 0 bridgehead atoms. The van der Waals surface area contributed by atoms with Crippen molar-refractivity contribution in [2.45, 2.75) is 19.0 Å². The number of halogens is 2. The predicted octanol–water partition coefficient (Wildman–Crippen LogP) is 0.427. The Hall–Kier alpha value is -0.750. The Bertz CT molecular complexity index is 223. The minimum Gasteiger partial charge on any atom is -0.477 e. The van der Waals surface area contributed by atoms with Crippen LogP contribution in [0, 0.1) is 0 Å². The van der Waals surface area contributed by atoms with Gasteiger partial charge in [-0.3, -0.25) is 4.90 Å². The topological polar surface area (TPSA) is 49.8 Å². The summed E-state index contributed by atoms with van der Waals surface area (Å²) in [5, 5.41) is 8.23. The van der Waals surface area contributed by atoms with Crippen molar-refractivity contribution in [2.75, 3.05) is 26.2 Å². The zero-order valence-corrected chi connectivity index (χ0v) is 7.87. The number of morpholine rings is 1. The number of carboxylic acids is 1.